The highest BCUT2D eigenvalue weighted by Gasteiger charge is 2.64. The Hall–Kier alpha value is -1.04. The molecule has 5 atom stereocenters. The van der Waals surface area contributed by atoms with E-state index >= 15 is 0 Å². The monoisotopic (exact) mass is 520 g/mol. The molecule has 9 nitrogen and oxygen atoms in total. The summed E-state index contributed by atoms with van der Waals surface area (Å²) < 4.78 is 28.4. The molecular weight excluding hydrogens is 472 g/mol. The molecule has 1 rings (SSSR count). The van der Waals surface area contributed by atoms with Crippen LogP contribution in [0.15, 0.2) is 0 Å². The Morgan fingerprint density at radius 3 is 2.09 bits per heavy atom. The predicted octanol–water partition coefficient (Wildman–Crippen LogP) is 3.70. The Labute approximate surface area is 211 Å². The van der Waals surface area contributed by atoms with Crippen molar-refractivity contribution in [2.24, 2.45) is 0 Å². The lowest BCUT2D eigenvalue weighted by Crippen LogP contribution is -2.66. The van der Waals surface area contributed by atoms with Crippen molar-refractivity contribution in [3.8, 4) is 0 Å². The van der Waals surface area contributed by atoms with E-state index in [-0.39, 0.29) is 5.04 Å². The van der Waals surface area contributed by atoms with Crippen LogP contribution in [0.5, 0.6) is 0 Å². The van der Waals surface area contributed by atoms with Gasteiger partial charge in [-0.05, 0) is 38.4 Å². The molecule has 0 bridgehead atoms. The molecule has 0 aromatic carbocycles. The van der Waals surface area contributed by atoms with Crippen LogP contribution in [0.25, 0.3) is 0 Å². The van der Waals surface area contributed by atoms with Crippen LogP contribution in [0, 0.1) is 0 Å². The number of ether oxygens (including phenoxy) is 4. The lowest BCUT2D eigenvalue weighted by molar-refractivity contribution is -0.217. The summed E-state index contributed by atoms with van der Waals surface area (Å²) in [5, 5.41) is 22.1. The van der Waals surface area contributed by atoms with Crippen molar-refractivity contribution in [2.45, 2.75) is 134 Å². The minimum atomic E-state index is -2.77. The second kappa shape index (κ2) is 12.5. The zero-order valence-electron chi connectivity index (χ0n) is 23.3. The molecule has 1 aliphatic heterocycles. The van der Waals surface area contributed by atoms with Gasteiger partial charge >= 0.3 is 11.9 Å². The average molecular weight is 521 g/mol. The molecule has 0 unspecified atom stereocenters. The summed E-state index contributed by atoms with van der Waals surface area (Å²) in [6.45, 7) is 16.0. The van der Waals surface area contributed by atoms with E-state index < -0.39 is 56.1 Å². The largest absolute Gasteiger partial charge is 0.467 e. The number of esters is 2. The van der Waals surface area contributed by atoms with E-state index in [0.717, 1.165) is 46.3 Å². The quantitative estimate of drug-likeness (QED) is 0.213. The van der Waals surface area contributed by atoms with Crippen LogP contribution < -0.4 is 0 Å². The minimum Gasteiger partial charge on any atom is -0.467 e. The van der Waals surface area contributed by atoms with Crippen molar-refractivity contribution in [3.05, 3.63) is 0 Å². The molecule has 10 heteroatoms. The summed E-state index contributed by atoms with van der Waals surface area (Å²) in [6, 6.07) is 0. The van der Waals surface area contributed by atoms with E-state index in [0.29, 0.717) is 6.42 Å². The van der Waals surface area contributed by atoms with E-state index in [1.54, 1.807) is 13.8 Å². The highest BCUT2D eigenvalue weighted by Crippen LogP contribution is 2.43. The zero-order valence-corrected chi connectivity index (χ0v) is 24.3. The molecule has 0 aliphatic carbocycles. The maximum Gasteiger partial charge on any atom is 0.344 e. The normalized spacial score (nSPS) is 23.9. The molecule has 206 valence electrons. The van der Waals surface area contributed by atoms with Gasteiger partial charge in [-0.3, -0.25) is 0 Å². The van der Waals surface area contributed by atoms with Gasteiger partial charge in [-0.1, -0.05) is 59.8 Å². The second-order valence-electron chi connectivity index (χ2n) is 11.4. The molecule has 0 spiro atoms. The van der Waals surface area contributed by atoms with Crippen molar-refractivity contribution < 1.29 is 43.2 Å². The third-order valence-corrected chi connectivity index (χ3v) is 11.6. The molecule has 0 aromatic rings. The number of unbranched alkanes of at least 4 members (excludes halogenated alkanes) is 4. The molecule has 1 fully saturated rings. The summed E-state index contributed by atoms with van der Waals surface area (Å²) >= 11 is 0. The maximum absolute atomic E-state index is 12.8. The van der Waals surface area contributed by atoms with E-state index in [2.05, 4.69) is 45.5 Å². The van der Waals surface area contributed by atoms with Crippen LogP contribution >= 0.6 is 0 Å². The second-order valence-corrected chi connectivity index (χ2v) is 16.1. The molecule has 35 heavy (non-hydrogen) atoms. The topological polar surface area (TPSA) is 121 Å². The SMILES string of the molecule is CCCCCCC[C@H](O[Si](C)(C)C(C)(C)C)[C@@H]1OC(C)(C)O[C@H]1[C@](O)(C(=O)OC)[C@H](O)C(=O)OC. The number of methoxy groups -OCH3 is 2. The van der Waals surface area contributed by atoms with Gasteiger partial charge in [0.25, 0.3) is 0 Å². The van der Waals surface area contributed by atoms with Crippen molar-refractivity contribution in [1.29, 1.82) is 0 Å². The Morgan fingerprint density at radius 2 is 1.60 bits per heavy atom. The first kappa shape index (κ1) is 32.0. The van der Waals surface area contributed by atoms with Crippen LogP contribution in [0.3, 0.4) is 0 Å². The summed E-state index contributed by atoms with van der Waals surface area (Å²) in [5.41, 5.74) is -2.77. The lowest BCUT2D eigenvalue weighted by atomic mass is 9.84. The molecule has 1 aliphatic rings. The fourth-order valence-electron chi connectivity index (χ4n) is 4.03. The Balaban J connectivity index is 3.48. The Bertz CT molecular complexity index is 704. The highest BCUT2D eigenvalue weighted by molar-refractivity contribution is 6.74. The molecule has 2 N–H and O–H groups in total. The molecule has 0 saturated carbocycles. The van der Waals surface area contributed by atoms with E-state index in [1.165, 1.54) is 0 Å². The third-order valence-electron chi connectivity index (χ3n) is 7.13. The van der Waals surface area contributed by atoms with Gasteiger partial charge in [0.2, 0.25) is 5.60 Å². The molecule has 1 heterocycles. The smallest absolute Gasteiger partial charge is 0.344 e. The number of hydrogen-bond acceptors (Lipinski definition) is 9. The number of carbonyl (C=O) groups is 2. The summed E-state index contributed by atoms with van der Waals surface area (Å²) in [4.78, 5) is 25.1. The van der Waals surface area contributed by atoms with Gasteiger partial charge in [-0.25, -0.2) is 9.59 Å². The molecular formula is C25H48O9Si. The lowest BCUT2D eigenvalue weighted by Gasteiger charge is -2.43. The number of hydrogen-bond donors (Lipinski definition) is 2. The summed E-state index contributed by atoms with van der Waals surface area (Å²) in [6.07, 6.45) is 0.612. The highest BCUT2D eigenvalue weighted by atomic mass is 28.4. The van der Waals surface area contributed by atoms with Crippen LogP contribution in [-0.2, 0) is 33.0 Å². The van der Waals surface area contributed by atoms with Gasteiger partial charge in [-0.2, -0.15) is 0 Å². The van der Waals surface area contributed by atoms with E-state index in [9.17, 15) is 19.8 Å². The molecule has 0 amide bonds. The fourth-order valence-corrected chi connectivity index (χ4v) is 5.40. The first-order chi connectivity index (χ1) is 16.0. The first-order valence-electron chi connectivity index (χ1n) is 12.6. The van der Waals surface area contributed by atoms with Gasteiger partial charge in [0, 0.05) is 0 Å². The van der Waals surface area contributed by atoms with E-state index in [4.69, 9.17) is 18.6 Å². The molecule has 0 radical (unpaired) electrons. The van der Waals surface area contributed by atoms with Gasteiger partial charge in [0.1, 0.15) is 12.2 Å². The van der Waals surface area contributed by atoms with Crippen LogP contribution in [0.2, 0.25) is 18.1 Å². The van der Waals surface area contributed by atoms with Crippen molar-refractivity contribution >= 4 is 20.3 Å². The number of rotatable bonds is 13. The number of aliphatic hydroxyl groups excluding tert-OH is 1. The Morgan fingerprint density at radius 1 is 1.03 bits per heavy atom. The number of carbonyl (C=O) groups excluding carboxylic acids is 2. The fraction of sp³-hybridized carbons (Fsp3) is 0.920. The van der Waals surface area contributed by atoms with Crippen LogP contribution in [-0.4, -0.2) is 80.5 Å². The van der Waals surface area contributed by atoms with Crippen molar-refractivity contribution in [3.63, 3.8) is 0 Å². The van der Waals surface area contributed by atoms with Gasteiger partial charge in [-0.15, -0.1) is 0 Å². The maximum atomic E-state index is 12.8. The summed E-state index contributed by atoms with van der Waals surface area (Å²) in [7, 11) is -0.213. The van der Waals surface area contributed by atoms with Gasteiger partial charge in [0.05, 0.1) is 20.3 Å². The van der Waals surface area contributed by atoms with Crippen molar-refractivity contribution in [1.82, 2.24) is 0 Å². The minimum absolute atomic E-state index is 0.109. The summed E-state index contributed by atoms with van der Waals surface area (Å²) in [5.74, 6) is -3.63. The predicted molar refractivity (Wildman–Crippen MR) is 134 cm³/mol. The van der Waals surface area contributed by atoms with Crippen molar-refractivity contribution in [2.75, 3.05) is 14.2 Å². The van der Waals surface area contributed by atoms with Gasteiger partial charge in [0.15, 0.2) is 20.2 Å². The van der Waals surface area contributed by atoms with E-state index in [1.807, 2.05) is 0 Å². The Kier molecular flexibility index (Phi) is 11.4. The molecule has 1 saturated heterocycles. The van der Waals surface area contributed by atoms with Crippen LogP contribution in [0.1, 0.15) is 80.1 Å². The zero-order chi connectivity index (χ0) is 27.2. The number of aliphatic hydroxyl groups is 2. The average Bonchev–Trinajstić information content (AvgIpc) is 3.10. The standard InChI is InChI=1S/C25H48O9Si/c1-11-12-13-14-15-16-17(34-35(9,10)23(2,3)4)18-20(33-24(5,6)32-18)25(29,22(28)31-8)19(26)21(27)30-7/h17-20,26,29H,11-16H2,1-10H3/t17-,18-,19+,20+,25-/m0/s1. The van der Waals surface area contributed by atoms with Crippen LogP contribution in [0.4, 0.5) is 0 Å². The molecule has 0 aromatic heterocycles. The third kappa shape index (κ3) is 7.72. The first-order valence-corrected chi connectivity index (χ1v) is 15.5. The van der Waals surface area contributed by atoms with Gasteiger partial charge < -0.3 is 33.6 Å².